The number of rotatable bonds is 2. The fourth-order valence-corrected chi connectivity index (χ4v) is 2.41. The number of carbonyl (C=O) groups is 1. The van der Waals surface area contributed by atoms with Gasteiger partial charge >= 0.3 is 6.03 Å². The number of urea groups is 1. The van der Waals surface area contributed by atoms with Gasteiger partial charge in [-0.15, -0.1) is 0 Å². The number of hydrogen-bond donors (Lipinski definition) is 3. The number of benzene rings is 1. The lowest BCUT2D eigenvalue weighted by Crippen LogP contribution is -2.24. The average molecular weight is 303 g/mol. The minimum atomic E-state index is -0.298. The molecule has 1 aromatic carbocycles. The number of aromatic nitrogens is 1. The highest BCUT2D eigenvalue weighted by molar-refractivity contribution is 6.29. The summed E-state index contributed by atoms with van der Waals surface area (Å²) in [5.74, 6) is 0. The van der Waals surface area contributed by atoms with E-state index in [1.54, 1.807) is 12.1 Å². The van der Waals surface area contributed by atoms with Crippen molar-refractivity contribution < 1.29 is 4.79 Å². The molecule has 0 saturated carbocycles. The third-order valence-corrected chi connectivity index (χ3v) is 3.56. The molecule has 0 aliphatic carbocycles. The minimum absolute atomic E-state index is 0.298. The van der Waals surface area contributed by atoms with Crippen LogP contribution >= 0.6 is 11.6 Å². The van der Waals surface area contributed by atoms with Crippen molar-refractivity contribution in [2.24, 2.45) is 0 Å². The van der Waals surface area contributed by atoms with E-state index in [0.29, 0.717) is 10.8 Å². The van der Waals surface area contributed by atoms with Crippen LogP contribution in [0.5, 0.6) is 0 Å². The largest absolute Gasteiger partial charge is 0.323 e. The summed E-state index contributed by atoms with van der Waals surface area (Å²) in [4.78, 5) is 15.9. The van der Waals surface area contributed by atoms with E-state index in [1.807, 2.05) is 18.2 Å². The molecule has 0 unspecified atom stereocenters. The first-order chi connectivity index (χ1) is 10.2. The van der Waals surface area contributed by atoms with Crippen LogP contribution in [0.15, 0.2) is 36.5 Å². The van der Waals surface area contributed by atoms with Crippen molar-refractivity contribution in [1.29, 1.82) is 0 Å². The van der Waals surface area contributed by atoms with Gasteiger partial charge in [-0.25, -0.2) is 9.78 Å². The van der Waals surface area contributed by atoms with Crippen LogP contribution in [-0.2, 0) is 13.0 Å². The second-order valence-corrected chi connectivity index (χ2v) is 5.25. The van der Waals surface area contributed by atoms with E-state index in [0.717, 1.165) is 25.2 Å². The molecule has 5 nitrogen and oxygen atoms in total. The first-order valence-corrected chi connectivity index (χ1v) is 7.10. The first kappa shape index (κ1) is 13.9. The Labute approximate surface area is 127 Å². The van der Waals surface area contributed by atoms with Crippen LogP contribution in [0, 0.1) is 0 Å². The van der Waals surface area contributed by atoms with Gasteiger partial charge in [-0.05, 0) is 48.4 Å². The number of fused-ring (bicyclic) bond motifs is 1. The summed E-state index contributed by atoms with van der Waals surface area (Å²) in [5.41, 5.74) is 3.95. The topological polar surface area (TPSA) is 66.0 Å². The summed E-state index contributed by atoms with van der Waals surface area (Å²) in [6.07, 6.45) is 2.49. The second-order valence-electron chi connectivity index (χ2n) is 4.86. The van der Waals surface area contributed by atoms with Crippen LogP contribution in [0.25, 0.3) is 0 Å². The lowest BCUT2D eigenvalue weighted by molar-refractivity contribution is 0.262. The number of halogens is 1. The van der Waals surface area contributed by atoms with Crippen LogP contribution < -0.4 is 16.0 Å². The molecule has 3 N–H and O–H groups in total. The monoisotopic (exact) mass is 302 g/mol. The highest BCUT2D eigenvalue weighted by atomic mass is 35.5. The molecule has 0 atom stereocenters. The van der Waals surface area contributed by atoms with Crippen molar-refractivity contribution in [3.05, 3.63) is 52.8 Å². The Morgan fingerprint density at radius 2 is 1.95 bits per heavy atom. The molecule has 1 aromatic heterocycles. The maximum Gasteiger partial charge on any atom is 0.323 e. The Kier molecular flexibility index (Phi) is 4.03. The van der Waals surface area contributed by atoms with E-state index in [2.05, 4.69) is 20.9 Å². The van der Waals surface area contributed by atoms with Gasteiger partial charge < -0.3 is 16.0 Å². The van der Waals surface area contributed by atoms with Crippen LogP contribution in [0.1, 0.15) is 11.1 Å². The van der Waals surface area contributed by atoms with E-state index in [4.69, 9.17) is 11.6 Å². The summed E-state index contributed by atoms with van der Waals surface area (Å²) in [6, 6.07) is 9.01. The highest BCUT2D eigenvalue weighted by Gasteiger charge is 2.10. The van der Waals surface area contributed by atoms with Gasteiger partial charge in [0.05, 0.1) is 11.9 Å². The van der Waals surface area contributed by atoms with Gasteiger partial charge in [0.1, 0.15) is 5.15 Å². The Morgan fingerprint density at radius 3 is 2.76 bits per heavy atom. The SMILES string of the molecule is O=C(Nc1ccc(Cl)nc1)Nc1ccc2c(c1)CCNC2. The normalized spacial score (nSPS) is 13.4. The average Bonchev–Trinajstić information content (AvgIpc) is 2.49. The van der Waals surface area contributed by atoms with Crippen LogP contribution in [0.2, 0.25) is 5.15 Å². The molecule has 1 aliphatic rings. The van der Waals surface area contributed by atoms with E-state index < -0.39 is 0 Å². The van der Waals surface area contributed by atoms with Crippen molar-refractivity contribution in [2.75, 3.05) is 17.2 Å². The summed E-state index contributed by atoms with van der Waals surface area (Å²) in [7, 11) is 0. The predicted molar refractivity (Wildman–Crippen MR) is 83.7 cm³/mol. The van der Waals surface area contributed by atoms with Gasteiger partial charge in [0, 0.05) is 12.2 Å². The molecule has 2 aromatic rings. The molecule has 0 spiro atoms. The van der Waals surface area contributed by atoms with Gasteiger partial charge in [-0.1, -0.05) is 17.7 Å². The van der Waals surface area contributed by atoms with Gasteiger partial charge in [0.25, 0.3) is 0 Å². The summed E-state index contributed by atoms with van der Waals surface area (Å²) in [5, 5.41) is 9.25. The van der Waals surface area contributed by atoms with Crippen molar-refractivity contribution in [1.82, 2.24) is 10.3 Å². The first-order valence-electron chi connectivity index (χ1n) is 6.73. The van der Waals surface area contributed by atoms with Crippen molar-refractivity contribution in [2.45, 2.75) is 13.0 Å². The summed E-state index contributed by atoms with van der Waals surface area (Å²) < 4.78 is 0. The lowest BCUT2D eigenvalue weighted by Gasteiger charge is -2.18. The van der Waals surface area contributed by atoms with Gasteiger partial charge in [-0.2, -0.15) is 0 Å². The maximum atomic E-state index is 11.9. The third kappa shape index (κ3) is 3.51. The molecule has 21 heavy (non-hydrogen) atoms. The Hall–Kier alpha value is -2.11. The number of carbonyl (C=O) groups excluding carboxylic acids is 1. The molecule has 0 bridgehead atoms. The van der Waals surface area contributed by atoms with Gasteiger partial charge in [0.2, 0.25) is 0 Å². The number of anilines is 2. The van der Waals surface area contributed by atoms with Crippen LogP contribution in [0.3, 0.4) is 0 Å². The van der Waals surface area contributed by atoms with Crippen LogP contribution in [0.4, 0.5) is 16.2 Å². The zero-order valence-electron chi connectivity index (χ0n) is 11.3. The van der Waals surface area contributed by atoms with E-state index >= 15 is 0 Å². The zero-order chi connectivity index (χ0) is 14.7. The fraction of sp³-hybridized carbons (Fsp3) is 0.200. The molecule has 1 aliphatic heterocycles. The maximum absolute atomic E-state index is 11.9. The van der Waals surface area contributed by atoms with Crippen molar-refractivity contribution >= 4 is 29.0 Å². The second kappa shape index (κ2) is 6.11. The Balaban J connectivity index is 1.65. The summed E-state index contributed by atoms with van der Waals surface area (Å²) in [6.45, 7) is 1.86. The van der Waals surface area contributed by atoms with Crippen molar-refractivity contribution in [3.63, 3.8) is 0 Å². The number of nitrogens with one attached hydrogen (secondary N) is 3. The molecule has 0 radical (unpaired) electrons. The quantitative estimate of drug-likeness (QED) is 0.747. The molecule has 2 heterocycles. The standard InChI is InChI=1S/C15H15ClN4O/c16-14-4-3-13(9-18-14)20-15(21)19-12-2-1-11-8-17-6-5-10(11)7-12/h1-4,7,9,17H,5-6,8H2,(H2,19,20,21). The fourth-order valence-electron chi connectivity index (χ4n) is 2.30. The number of nitrogens with zero attached hydrogens (tertiary/aromatic N) is 1. The summed E-state index contributed by atoms with van der Waals surface area (Å²) >= 11 is 5.70. The van der Waals surface area contributed by atoms with E-state index in [-0.39, 0.29) is 6.03 Å². The number of amides is 2. The molecule has 0 saturated heterocycles. The lowest BCUT2D eigenvalue weighted by atomic mass is 10.0. The molecule has 2 amide bonds. The molecular formula is C15H15ClN4O. The smallest absolute Gasteiger partial charge is 0.312 e. The Bertz CT molecular complexity index is 657. The van der Waals surface area contributed by atoms with Gasteiger partial charge in [0.15, 0.2) is 0 Å². The van der Waals surface area contributed by atoms with Crippen LogP contribution in [-0.4, -0.2) is 17.6 Å². The number of hydrogen-bond acceptors (Lipinski definition) is 3. The van der Waals surface area contributed by atoms with Gasteiger partial charge in [-0.3, -0.25) is 0 Å². The third-order valence-electron chi connectivity index (χ3n) is 3.34. The zero-order valence-corrected chi connectivity index (χ0v) is 12.1. The highest BCUT2D eigenvalue weighted by Crippen LogP contribution is 2.19. The molecule has 6 heteroatoms. The minimum Gasteiger partial charge on any atom is -0.312 e. The molecule has 0 fully saturated rings. The van der Waals surface area contributed by atoms with E-state index in [1.165, 1.54) is 17.3 Å². The predicted octanol–water partition coefficient (Wildman–Crippen LogP) is 3.02. The molecule has 3 rings (SSSR count). The Morgan fingerprint density at radius 1 is 1.14 bits per heavy atom. The van der Waals surface area contributed by atoms with E-state index in [9.17, 15) is 4.79 Å². The molecule has 108 valence electrons. The number of pyridine rings is 1. The molecular weight excluding hydrogens is 288 g/mol. The van der Waals surface area contributed by atoms with Crippen molar-refractivity contribution in [3.8, 4) is 0 Å².